The molecule has 124 valence electrons. The highest BCUT2D eigenvalue weighted by atomic mass is 35.5. The van der Waals surface area contributed by atoms with Crippen molar-refractivity contribution in [3.05, 3.63) is 71.6 Å². The second-order valence-corrected chi connectivity index (χ2v) is 5.47. The molecule has 1 aromatic heterocycles. The maximum Gasteiger partial charge on any atom is 0.328 e. The van der Waals surface area contributed by atoms with Crippen LogP contribution in [0.3, 0.4) is 0 Å². The van der Waals surface area contributed by atoms with Crippen LogP contribution in [0.25, 0.3) is 17.1 Å². The van der Waals surface area contributed by atoms with Crippen molar-refractivity contribution in [3.8, 4) is 0 Å². The summed E-state index contributed by atoms with van der Waals surface area (Å²) in [6.07, 6.45) is 5.65. The van der Waals surface area contributed by atoms with Crippen molar-refractivity contribution in [2.45, 2.75) is 19.3 Å². The first-order valence-electron chi connectivity index (χ1n) is 7.64. The van der Waals surface area contributed by atoms with Crippen molar-refractivity contribution in [2.75, 3.05) is 0 Å². The number of aryl methyl sites for hydroxylation is 2. The molecule has 0 bridgehead atoms. The number of rotatable bonds is 6. The van der Waals surface area contributed by atoms with Crippen LogP contribution in [0, 0.1) is 0 Å². The monoisotopic (exact) mass is 342 g/mol. The Morgan fingerprint density at radius 3 is 2.54 bits per heavy atom. The van der Waals surface area contributed by atoms with Crippen LogP contribution < -0.4 is 0 Å². The van der Waals surface area contributed by atoms with Gasteiger partial charge in [-0.1, -0.05) is 36.4 Å². The summed E-state index contributed by atoms with van der Waals surface area (Å²) < 4.78 is 0. The maximum atomic E-state index is 10.5. The quantitative estimate of drug-likeness (QED) is 0.658. The number of carboxylic acid groups (broad SMARTS) is 1. The minimum Gasteiger partial charge on any atom is -0.478 e. The minimum absolute atomic E-state index is 0. The largest absolute Gasteiger partial charge is 0.478 e. The lowest BCUT2D eigenvalue weighted by Gasteiger charge is -2.01. The Kier molecular flexibility index (Phi) is 6.15. The summed E-state index contributed by atoms with van der Waals surface area (Å²) in [7, 11) is 0. The number of hydrogen-bond acceptors (Lipinski definition) is 2. The Morgan fingerprint density at radius 1 is 1.08 bits per heavy atom. The third-order valence-electron chi connectivity index (χ3n) is 3.72. The molecule has 4 nitrogen and oxygen atoms in total. The molecule has 0 amide bonds. The number of carbonyl (C=O) groups is 1. The van der Waals surface area contributed by atoms with Crippen LogP contribution in [-0.2, 0) is 17.6 Å². The summed E-state index contributed by atoms with van der Waals surface area (Å²) in [5.41, 5.74) is 4.23. The van der Waals surface area contributed by atoms with Crippen molar-refractivity contribution < 1.29 is 9.90 Å². The first kappa shape index (κ1) is 17.8. The number of para-hydroxylation sites is 2. The zero-order valence-electron chi connectivity index (χ0n) is 13.1. The molecule has 1 heterocycles. The Bertz CT molecular complexity index is 805. The van der Waals surface area contributed by atoms with Crippen LogP contribution in [0.2, 0.25) is 0 Å². The van der Waals surface area contributed by atoms with Gasteiger partial charge in [-0.15, -0.1) is 12.4 Å². The lowest BCUT2D eigenvalue weighted by molar-refractivity contribution is -0.131. The summed E-state index contributed by atoms with van der Waals surface area (Å²) in [6.45, 7) is 0. The third kappa shape index (κ3) is 4.70. The molecular weight excluding hydrogens is 324 g/mol. The minimum atomic E-state index is -0.931. The Labute approximate surface area is 146 Å². The van der Waals surface area contributed by atoms with Gasteiger partial charge >= 0.3 is 5.97 Å². The number of hydrogen-bond donors (Lipinski definition) is 2. The van der Waals surface area contributed by atoms with Crippen LogP contribution in [-0.4, -0.2) is 21.0 Å². The molecule has 5 heteroatoms. The van der Waals surface area contributed by atoms with Crippen LogP contribution in [0.4, 0.5) is 0 Å². The molecule has 2 N–H and O–H groups in total. The average molecular weight is 343 g/mol. The van der Waals surface area contributed by atoms with Crippen molar-refractivity contribution in [3.63, 3.8) is 0 Å². The van der Waals surface area contributed by atoms with E-state index in [4.69, 9.17) is 5.11 Å². The second-order valence-electron chi connectivity index (χ2n) is 5.47. The van der Waals surface area contributed by atoms with E-state index in [0.29, 0.717) is 0 Å². The van der Waals surface area contributed by atoms with Crippen molar-refractivity contribution >= 4 is 35.5 Å². The zero-order valence-corrected chi connectivity index (χ0v) is 13.9. The fraction of sp³-hybridized carbons (Fsp3) is 0.158. The van der Waals surface area contributed by atoms with Gasteiger partial charge in [0.2, 0.25) is 0 Å². The summed E-state index contributed by atoms with van der Waals surface area (Å²) in [4.78, 5) is 18.4. The van der Waals surface area contributed by atoms with Crippen molar-refractivity contribution in [2.24, 2.45) is 0 Å². The number of aliphatic carboxylic acids is 1. The number of imidazole rings is 1. The fourth-order valence-electron chi connectivity index (χ4n) is 2.55. The van der Waals surface area contributed by atoms with Gasteiger partial charge in [0.15, 0.2) is 0 Å². The molecule has 0 saturated carbocycles. The number of aromatic amines is 1. The smallest absolute Gasteiger partial charge is 0.328 e. The molecule has 3 aromatic rings. The molecule has 2 aromatic carbocycles. The number of halogens is 1. The fourth-order valence-corrected chi connectivity index (χ4v) is 2.55. The standard InChI is InChI=1S/C19H18N2O2.ClH/c22-19(23)13-12-15-10-8-14(9-11-15)4-3-7-18-20-16-5-1-2-6-17(16)21-18;/h1-2,5-6,8-13H,3-4,7H2,(H,20,21)(H,22,23);1H/b13-12+;. The van der Waals surface area contributed by atoms with Crippen LogP contribution in [0.5, 0.6) is 0 Å². The molecule has 0 fully saturated rings. The van der Waals surface area contributed by atoms with Crippen molar-refractivity contribution in [1.82, 2.24) is 9.97 Å². The van der Waals surface area contributed by atoms with Gasteiger partial charge in [0, 0.05) is 12.5 Å². The van der Waals surface area contributed by atoms with E-state index in [0.717, 1.165) is 47.8 Å². The molecule has 0 aliphatic carbocycles. The van der Waals surface area contributed by atoms with Crippen LogP contribution in [0.15, 0.2) is 54.6 Å². The van der Waals surface area contributed by atoms with E-state index in [1.165, 1.54) is 5.56 Å². The normalized spacial score (nSPS) is 10.8. The third-order valence-corrected chi connectivity index (χ3v) is 3.72. The van der Waals surface area contributed by atoms with Crippen LogP contribution >= 0.6 is 12.4 Å². The van der Waals surface area contributed by atoms with E-state index in [9.17, 15) is 4.79 Å². The molecule has 0 spiro atoms. The Morgan fingerprint density at radius 2 is 1.83 bits per heavy atom. The molecule has 0 saturated heterocycles. The van der Waals surface area contributed by atoms with Gasteiger partial charge in [0.25, 0.3) is 0 Å². The van der Waals surface area contributed by atoms with E-state index in [2.05, 4.69) is 9.97 Å². The highest BCUT2D eigenvalue weighted by molar-refractivity contribution is 5.85. The highest BCUT2D eigenvalue weighted by Crippen LogP contribution is 2.13. The summed E-state index contributed by atoms with van der Waals surface area (Å²) in [6, 6.07) is 16.0. The van der Waals surface area contributed by atoms with Gasteiger partial charge in [0.05, 0.1) is 11.0 Å². The molecule has 0 aliphatic rings. The van der Waals surface area contributed by atoms with Gasteiger partial charge in [-0.05, 0) is 42.2 Å². The van der Waals surface area contributed by atoms with Crippen LogP contribution in [0.1, 0.15) is 23.4 Å². The van der Waals surface area contributed by atoms with E-state index in [1.807, 2.05) is 48.5 Å². The molecular formula is C19H19ClN2O2. The molecule has 0 unspecified atom stereocenters. The zero-order chi connectivity index (χ0) is 16.1. The summed E-state index contributed by atoms with van der Waals surface area (Å²) in [5.74, 6) is 0.0899. The first-order valence-corrected chi connectivity index (χ1v) is 7.64. The number of nitrogens with one attached hydrogen (secondary N) is 1. The van der Waals surface area contributed by atoms with E-state index in [-0.39, 0.29) is 12.4 Å². The maximum absolute atomic E-state index is 10.5. The van der Waals surface area contributed by atoms with Gasteiger partial charge in [0.1, 0.15) is 5.82 Å². The van der Waals surface area contributed by atoms with Gasteiger partial charge < -0.3 is 10.1 Å². The lowest BCUT2D eigenvalue weighted by atomic mass is 10.1. The van der Waals surface area contributed by atoms with Gasteiger partial charge in [-0.25, -0.2) is 9.78 Å². The molecule has 0 atom stereocenters. The van der Waals surface area contributed by atoms with Gasteiger partial charge in [-0.3, -0.25) is 0 Å². The Balaban J connectivity index is 0.00000208. The number of fused-ring (bicyclic) bond motifs is 1. The summed E-state index contributed by atoms with van der Waals surface area (Å²) in [5, 5.41) is 8.61. The van der Waals surface area contributed by atoms with E-state index >= 15 is 0 Å². The number of benzene rings is 2. The van der Waals surface area contributed by atoms with Gasteiger partial charge in [-0.2, -0.15) is 0 Å². The predicted octanol–water partition coefficient (Wildman–Crippen LogP) is 4.26. The average Bonchev–Trinajstić information content (AvgIpc) is 2.97. The number of nitrogens with zero attached hydrogens (tertiary/aromatic N) is 1. The number of aromatic nitrogens is 2. The van der Waals surface area contributed by atoms with E-state index < -0.39 is 5.97 Å². The SMILES string of the molecule is Cl.O=C(O)/C=C/c1ccc(CCCc2nc3ccccc3[nH]2)cc1. The molecule has 24 heavy (non-hydrogen) atoms. The molecule has 0 aliphatic heterocycles. The van der Waals surface area contributed by atoms with E-state index in [1.54, 1.807) is 6.08 Å². The first-order chi connectivity index (χ1) is 11.2. The Hall–Kier alpha value is -2.59. The predicted molar refractivity (Wildman–Crippen MR) is 98.5 cm³/mol. The topological polar surface area (TPSA) is 66.0 Å². The summed E-state index contributed by atoms with van der Waals surface area (Å²) >= 11 is 0. The lowest BCUT2D eigenvalue weighted by Crippen LogP contribution is -1.92. The number of H-pyrrole nitrogens is 1. The second kappa shape index (κ2) is 8.31. The molecule has 0 radical (unpaired) electrons. The van der Waals surface area contributed by atoms with Crippen molar-refractivity contribution in [1.29, 1.82) is 0 Å². The highest BCUT2D eigenvalue weighted by Gasteiger charge is 2.02. The number of carboxylic acids is 1. The molecule has 3 rings (SSSR count).